The van der Waals surface area contributed by atoms with E-state index in [2.05, 4.69) is 20.1 Å². The monoisotopic (exact) mass is 380 g/mol. The summed E-state index contributed by atoms with van der Waals surface area (Å²) in [4.78, 5) is 18.2. The average molecular weight is 380 g/mol. The number of sulfonamides is 1. The Morgan fingerprint density at radius 2 is 2.08 bits per heavy atom. The fourth-order valence-electron chi connectivity index (χ4n) is 2.35. The zero-order valence-corrected chi connectivity index (χ0v) is 16.1. The van der Waals surface area contributed by atoms with Crippen LogP contribution in [-0.2, 0) is 17.1 Å². The van der Waals surface area contributed by atoms with E-state index < -0.39 is 16.1 Å². The van der Waals surface area contributed by atoms with Gasteiger partial charge in [-0.15, -0.1) is 0 Å². The van der Waals surface area contributed by atoms with Gasteiger partial charge in [-0.1, -0.05) is 6.07 Å². The maximum Gasteiger partial charge on any atom is 0.251 e. The largest absolute Gasteiger partial charge is 0.351 e. The Morgan fingerprint density at radius 1 is 1.35 bits per heavy atom. The SMILES string of the molecule is CC(NS(=O)(=O)c1cccc(C(=O)NCCN(C)C)c1)c1ncnn1C. The molecule has 0 saturated carbocycles. The van der Waals surface area contributed by atoms with Gasteiger partial charge < -0.3 is 10.2 Å². The number of nitrogens with one attached hydrogen (secondary N) is 2. The van der Waals surface area contributed by atoms with E-state index in [0.29, 0.717) is 18.9 Å². The Bertz CT molecular complexity index is 862. The third-order valence-electron chi connectivity index (χ3n) is 3.72. The first-order chi connectivity index (χ1) is 12.2. The first kappa shape index (κ1) is 20.0. The molecule has 2 N–H and O–H groups in total. The fourth-order valence-corrected chi connectivity index (χ4v) is 3.60. The molecule has 9 nitrogen and oxygen atoms in total. The van der Waals surface area contributed by atoms with Crippen LogP contribution in [0.25, 0.3) is 0 Å². The summed E-state index contributed by atoms with van der Waals surface area (Å²) in [6, 6.07) is 5.36. The van der Waals surface area contributed by atoms with Gasteiger partial charge in [-0.05, 0) is 39.2 Å². The molecule has 1 heterocycles. The molecule has 1 unspecified atom stereocenters. The topological polar surface area (TPSA) is 109 Å². The van der Waals surface area contributed by atoms with Crippen LogP contribution in [0.3, 0.4) is 0 Å². The quantitative estimate of drug-likeness (QED) is 0.675. The molecule has 26 heavy (non-hydrogen) atoms. The van der Waals surface area contributed by atoms with Crippen LogP contribution < -0.4 is 10.0 Å². The van der Waals surface area contributed by atoms with E-state index in [1.807, 2.05) is 19.0 Å². The number of carbonyl (C=O) groups excluding carboxylic acids is 1. The molecule has 0 aliphatic heterocycles. The first-order valence-corrected chi connectivity index (χ1v) is 9.58. The lowest BCUT2D eigenvalue weighted by Crippen LogP contribution is -2.32. The highest BCUT2D eigenvalue weighted by Gasteiger charge is 2.22. The number of rotatable bonds is 8. The number of carbonyl (C=O) groups is 1. The van der Waals surface area contributed by atoms with Crippen molar-refractivity contribution < 1.29 is 13.2 Å². The normalized spacial score (nSPS) is 13.0. The number of likely N-dealkylation sites (N-methyl/N-ethyl adjacent to an activating group) is 1. The molecular formula is C16H24N6O3S. The highest BCUT2D eigenvalue weighted by Crippen LogP contribution is 2.16. The van der Waals surface area contributed by atoms with Crippen molar-refractivity contribution in [3.05, 3.63) is 42.0 Å². The van der Waals surface area contributed by atoms with E-state index >= 15 is 0 Å². The van der Waals surface area contributed by atoms with Crippen LogP contribution in [0.1, 0.15) is 29.1 Å². The van der Waals surface area contributed by atoms with E-state index in [1.54, 1.807) is 26.1 Å². The van der Waals surface area contributed by atoms with Gasteiger partial charge in [-0.2, -0.15) is 5.10 Å². The van der Waals surface area contributed by atoms with E-state index in [-0.39, 0.29) is 16.4 Å². The van der Waals surface area contributed by atoms with Crippen molar-refractivity contribution in [3.8, 4) is 0 Å². The third kappa shape index (κ3) is 5.10. The first-order valence-electron chi connectivity index (χ1n) is 8.10. The molecule has 0 aliphatic rings. The lowest BCUT2D eigenvalue weighted by Gasteiger charge is -2.14. The summed E-state index contributed by atoms with van der Waals surface area (Å²) in [7, 11) is 1.69. The second-order valence-electron chi connectivity index (χ2n) is 6.17. The average Bonchev–Trinajstić information content (AvgIpc) is 3.00. The van der Waals surface area contributed by atoms with Crippen molar-refractivity contribution in [2.45, 2.75) is 17.9 Å². The van der Waals surface area contributed by atoms with E-state index in [0.717, 1.165) is 0 Å². The Labute approximate surface area is 153 Å². The number of benzene rings is 1. The molecule has 10 heteroatoms. The third-order valence-corrected chi connectivity index (χ3v) is 5.26. The summed E-state index contributed by atoms with van der Waals surface area (Å²) in [5, 5.41) is 6.70. The van der Waals surface area contributed by atoms with E-state index in [9.17, 15) is 13.2 Å². The highest BCUT2D eigenvalue weighted by atomic mass is 32.2. The van der Waals surface area contributed by atoms with Gasteiger partial charge >= 0.3 is 0 Å². The second kappa shape index (κ2) is 8.39. The van der Waals surface area contributed by atoms with Crippen molar-refractivity contribution in [2.24, 2.45) is 7.05 Å². The Hall–Kier alpha value is -2.30. The van der Waals surface area contributed by atoms with Gasteiger partial charge in [-0.3, -0.25) is 9.48 Å². The molecule has 0 bridgehead atoms. The molecule has 1 aromatic heterocycles. The molecule has 2 aromatic rings. The zero-order chi connectivity index (χ0) is 19.3. The van der Waals surface area contributed by atoms with E-state index in [1.165, 1.54) is 23.1 Å². The summed E-state index contributed by atoms with van der Waals surface area (Å²) in [6.45, 7) is 2.85. The van der Waals surface area contributed by atoms with Crippen molar-refractivity contribution in [2.75, 3.05) is 27.2 Å². The summed E-state index contributed by atoms with van der Waals surface area (Å²) in [5.74, 6) is 0.177. The number of amides is 1. The molecule has 0 aliphatic carbocycles. The molecule has 0 fully saturated rings. The van der Waals surface area contributed by atoms with Crippen LogP contribution in [0.15, 0.2) is 35.5 Å². The lowest BCUT2D eigenvalue weighted by atomic mass is 10.2. The van der Waals surface area contributed by atoms with Crippen molar-refractivity contribution >= 4 is 15.9 Å². The number of aryl methyl sites for hydroxylation is 1. The minimum Gasteiger partial charge on any atom is -0.351 e. The number of hydrogen-bond donors (Lipinski definition) is 2. The maximum atomic E-state index is 12.6. The van der Waals surface area contributed by atoms with Gasteiger partial charge in [0, 0.05) is 25.7 Å². The Morgan fingerprint density at radius 3 is 2.69 bits per heavy atom. The van der Waals surface area contributed by atoms with Crippen LogP contribution >= 0.6 is 0 Å². The summed E-state index contributed by atoms with van der Waals surface area (Å²) in [6.07, 6.45) is 1.36. The predicted molar refractivity (Wildman–Crippen MR) is 97.1 cm³/mol. The fraction of sp³-hybridized carbons (Fsp3) is 0.438. The maximum absolute atomic E-state index is 12.6. The molecular weight excluding hydrogens is 356 g/mol. The van der Waals surface area contributed by atoms with Gasteiger partial charge in [0.25, 0.3) is 5.91 Å². The van der Waals surface area contributed by atoms with Crippen LogP contribution in [0.5, 0.6) is 0 Å². The van der Waals surface area contributed by atoms with Gasteiger partial charge in [0.1, 0.15) is 12.2 Å². The van der Waals surface area contributed by atoms with Crippen molar-refractivity contribution in [1.82, 2.24) is 29.7 Å². The van der Waals surface area contributed by atoms with Gasteiger partial charge in [-0.25, -0.2) is 18.1 Å². The van der Waals surface area contributed by atoms with Crippen LogP contribution in [0.2, 0.25) is 0 Å². The Balaban J connectivity index is 2.12. The zero-order valence-electron chi connectivity index (χ0n) is 15.3. The summed E-state index contributed by atoms with van der Waals surface area (Å²) >= 11 is 0. The lowest BCUT2D eigenvalue weighted by molar-refractivity contribution is 0.0951. The van der Waals surface area contributed by atoms with Gasteiger partial charge in [0.05, 0.1) is 10.9 Å². The molecule has 1 aromatic carbocycles. The summed E-state index contributed by atoms with van der Waals surface area (Å²) in [5.41, 5.74) is 0.290. The van der Waals surface area contributed by atoms with Crippen molar-refractivity contribution in [3.63, 3.8) is 0 Å². The number of aromatic nitrogens is 3. The molecule has 0 saturated heterocycles. The standard InChI is InChI=1S/C16H24N6O3S/c1-12(15-18-11-19-22(15)4)20-26(24,25)14-7-5-6-13(10-14)16(23)17-8-9-21(2)3/h5-7,10-12,20H,8-9H2,1-4H3,(H,17,23). The number of nitrogens with zero attached hydrogens (tertiary/aromatic N) is 4. The number of hydrogen-bond acceptors (Lipinski definition) is 6. The van der Waals surface area contributed by atoms with Gasteiger partial charge in [0.2, 0.25) is 10.0 Å². The molecule has 2 rings (SSSR count). The molecule has 1 amide bonds. The minimum absolute atomic E-state index is 0.0202. The minimum atomic E-state index is -3.81. The van der Waals surface area contributed by atoms with E-state index in [4.69, 9.17) is 0 Å². The molecule has 142 valence electrons. The van der Waals surface area contributed by atoms with Crippen LogP contribution in [0.4, 0.5) is 0 Å². The summed E-state index contributed by atoms with van der Waals surface area (Å²) < 4.78 is 29.3. The molecule has 1 atom stereocenters. The van der Waals surface area contributed by atoms with Gasteiger partial charge in [0.15, 0.2) is 0 Å². The highest BCUT2D eigenvalue weighted by molar-refractivity contribution is 7.89. The smallest absolute Gasteiger partial charge is 0.251 e. The van der Waals surface area contributed by atoms with Crippen LogP contribution in [-0.4, -0.2) is 61.2 Å². The molecule has 0 spiro atoms. The predicted octanol–water partition coefficient (Wildman–Crippen LogP) is 0.146. The second-order valence-corrected chi connectivity index (χ2v) is 7.89. The molecule has 0 radical (unpaired) electrons. The Kier molecular flexibility index (Phi) is 6.46. The van der Waals surface area contributed by atoms with Crippen molar-refractivity contribution in [1.29, 1.82) is 0 Å². The van der Waals surface area contributed by atoms with Crippen LogP contribution in [0, 0.1) is 0 Å².